The third-order valence-electron chi connectivity index (χ3n) is 2.41. The molecule has 0 radical (unpaired) electrons. The van der Waals surface area contributed by atoms with Gasteiger partial charge in [0, 0.05) is 12.6 Å². The number of nitrogens with two attached hydrogens (primary N) is 1. The van der Waals surface area contributed by atoms with E-state index in [0.717, 1.165) is 0 Å². The van der Waals surface area contributed by atoms with Crippen molar-refractivity contribution in [2.24, 2.45) is 5.73 Å². The minimum atomic E-state index is -2.41. The first-order valence-electron chi connectivity index (χ1n) is 3.73. The summed E-state index contributed by atoms with van der Waals surface area (Å²) in [5.41, 5.74) is 4.22. The van der Waals surface area contributed by atoms with Gasteiger partial charge in [0.1, 0.15) is 0 Å². The van der Waals surface area contributed by atoms with Gasteiger partial charge < -0.3 is 10.6 Å². The maximum absolute atomic E-state index is 12.3. The number of halogens is 2. The minimum absolute atomic E-state index is 0.175. The molecule has 1 saturated heterocycles. The molecule has 2 N–H and O–H groups in total. The van der Waals surface area contributed by atoms with Crippen molar-refractivity contribution >= 4 is 0 Å². The summed E-state index contributed by atoms with van der Waals surface area (Å²) in [6.07, 6.45) is -2.02. The molecule has 1 aliphatic heterocycles. The van der Waals surface area contributed by atoms with E-state index in [4.69, 9.17) is 5.73 Å². The average molecular weight is 164 g/mol. The van der Waals surface area contributed by atoms with Crippen LogP contribution in [0.3, 0.4) is 0 Å². The Labute approximate surface area is 65.4 Å². The Bertz CT molecular complexity index is 139. The molecule has 1 rings (SSSR count). The van der Waals surface area contributed by atoms with Gasteiger partial charge in [-0.1, -0.05) is 0 Å². The van der Waals surface area contributed by atoms with Crippen molar-refractivity contribution < 1.29 is 8.78 Å². The van der Waals surface area contributed by atoms with Crippen LogP contribution in [-0.2, 0) is 0 Å². The largest absolute Gasteiger partial charge is 0.319 e. The summed E-state index contributed by atoms with van der Waals surface area (Å²) in [7, 11) is 1.82. The van der Waals surface area contributed by atoms with Crippen LogP contribution in [0.5, 0.6) is 0 Å². The lowest BCUT2D eigenvalue weighted by Gasteiger charge is -2.21. The molecule has 0 bridgehead atoms. The summed E-state index contributed by atoms with van der Waals surface area (Å²) in [6.45, 7) is 2.21. The molecular weight excluding hydrogens is 150 g/mol. The predicted molar refractivity (Wildman–Crippen MR) is 39.6 cm³/mol. The number of likely N-dealkylation sites (N-methyl/N-ethyl adjacent to an activating group) is 1. The molecule has 1 fully saturated rings. The Morgan fingerprint density at radius 1 is 1.64 bits per heavy atom. The van der Waals surface area contributed by atoms with Gasteiger partial charge in [0.2, 0.25) is 0 Å². The van der Waals surface area contributed by atoms with Crippen molar-refractivity contribution in [2.45, 2.75) is 31.4 Å². The Hall–Kier alpha value is -0.220. The van der Waals surface area contributed by atoms with Crippen LogP contribution in [0.25, 0.3) is 0 Å². The zero-order valence-corrected chi connectivity index (χ0v) is 6.85. The minimum Gasteiger partial charge on any atom is -0.319 e. The maximum atomic E-state index is 12.3. The summed E-state index contributed by atoms with van der Waals surface area (Å²) in [5, 5.41) is 0. The number of likely N-dealkylation sites (tertiary alicyclic amines) is 1. The summed E-state index contributed by atoms with van der Waals surface area (Å²) >= 11 is 0. The smallest absolute Gasteiger partial charge is 0.257 e. The molecular formula is C7H14F2N2. The fraction of sp³-hybridized carbons (Fsp3) is 1.00. The van der Waals surface area contributed by atoms with Crippen molar-refractivity contribution in [3.63, 3.8) is 0 Å². The maximum Gasteiger partial charge on any atom is 0.257 e. The van der Waals surface area contributed by atoms with Crippen LogP contribution in [0.2, 0.25) is 0 Å². The normalized spacial score (nSPS) is 40.4. The van der Waals surface area contributed by atoms with Crippen molar-refractivity contribution in [3.05, 3.63) is 0 Å². The number of hydrogen-bond donors (Lipinski definition) is 1. The Morgan fingerprint density at radius 3 is 2.36 bits per heavy atom. The van der Waals surface area contributed by atoms with Crippen LogP contribution in [-0.4, -0.2) is 36.5 Å². The molecule has 11 heavy (non-hydrogen) atoms. The number of hydrogen-bond acceptors (Lipinski definition) is 2. The molecule has 0 aromatic heterocycles. The van der Waals surface area contributed by atoms with Crippen LogP contribution in [0.4, 0.5) is 8.78 Å². The monoisotopic (exact) mass is 164 g/mol. The van der Waals surface area contributed by atoms with E-state index in [-0.39, 0.29) is 6.04 Å². The first-order valence-corrected chi connectivity index (χ1v) is 3.73. The second kappa shape index (κ2) is 2.68. The fourth-order valence-corrected chi connectivity index (χ4v) is 1.55. The van der Waals surface area contributed by atoms with E-state index in [9.17, 15) is 8.78 Å². The predicted octanol–water partition coefficient (Wildman–Crippen LogP) is 0.673. The van der Waals surface area contributed by atoms with E-state index in [2.05, 4.69) is 0 Å². The molecule has 0 aliphatic carbocycles. The van der Waals surface area contributed by atoms with Crippen molar-refractivity contribution in [1.82, 2.24) is 4.90 Å². The SMILES string of the molecule is CC1CC(N)(C(F)F)CN1C. The highest BCUT2D eigenvalue weighted by molar-refractivity contribution is 4.99. The van der Waals surface area contributed by atoms with Crippen LogP contribution in [0.1, 0.15) is 13.3 Å². The standard InChI is InChI=1S/C7H14F2N2/c1-5-3-7(10,6(8)9)4-11(5)2/h5-6H,3-4,10H2,1-2H3. The van der Waals surface area contributed by atoms with Gasteiger partial charge in [-0.3, -0.25) is 0 Å². The lowest BCUT2D eigenvalue weighted by molar-refractivity contribution is 0.0593. The lowest BCUT2D eigenvalue weighted by atomic mass is 9.99. The van der Waals surface area contributed by atoms with Crippen molar-refractivity contribution in [1.29, 1.82) is 0 Å². The molecule has 2 atom stereocenters. The highest BCUT2D eigenvalue weighted by Gasteiger charge is 2.44. The van der Waals surface area contributed by atoms with Crippen molar-refractivity contribution in [2.75, 3.05) is 13.6 Å². The molecule has 0 amide bonds. The van der Waals surface area contributed by atoms with Gasteiger partial charge in [-0.05, 0) is 20.4 Å². The molecule has 0 saturated carbocycles. The van der Waals surface area contributed by atoms with E-state index in [1.165, 1.54) is 0 Å². The average Bonchev–Trinajstić information content (AvgIpc) is 2.09. The first-order chi connectivity index (χ1) is 4.96. The highest BCUT2D eigenvalue weighted by atomic mass is 19.3. The molecule has 0 aromatic carbocycles. The third-order valence-corrected chi connectivity index (χ3v) is 2.41. The molecule has 0 spiro atoms. The van der Waals surface area contributed by atoms with Gasteiger partial charge in [-0.25, -0.2) is 8.78 Å². The van der Waals surface area contributed by atoms with E-state index < -0.39 is 12.0 Å². The summed E-state index contributed by atoms with van der Waals surface area (Å²) in [5.74, 6) is 0. The zero-order chi connectivity index (χ0) is 8.65. The summed E-state index contributed by atoms with van der Waals surface area (Å²) in [6, 6.07) is 0.175. The second-order valence-electron chi connectivity index (χ2n) is 3.50. The molecule has 2 unspecified atom stereocenters. The summed E-state index contributed by atoms with van der Waals surface area (Å²) in [4.78, 5) is 1.87. The van der Waals surface area contributed by atoms with E-state index in [0.29, 0.717) is 13.0 Å². The van der Waals surface area contributed by atoms with Crippen molar-refractivity contribution in [3.8, 4) is 0 Å². The van der Waals surface area contributed by atoms with E-state index in [1.807, 2.05) is 18.9 Å². The first kappa shape index (κ1) is 8.87. The van der Waals surface area contributed by atoms with Crippen LogP contribution in [0, 0.1) is 0 Å². The number of alkyl halides is 2. The quantitative estimate of drug-likeness (QED) is 0.617. The van der Waals surface area contributed by atoms with Gasteiger partial charge in [-0.15, -0.1) is 0 Å². The van der Waals surface area contributed by atoms with E-state index in [1.54, 1.807) is 0 Å². The fourth-order valence-electron chi connectivity index (χ4n) is 1.55. The van der Waals surface area contributed by atoms with Gasteiger partial charge in [0.15, 0.2) is 0 Å². The van der Waals surface area contributed by atoms with Crippen LogP contribution >= 0.6 is 0 Å². The highest BCUT2D eigenvalue weighted by Crippen LogP contribution is 2.28. The topological polar surface area (TPSA) is 29.3 Å². The lowest BCUT2D eigenvalue weighted by Crippen LogP contribution is -2.48. The van der Waals surface area contributed by atoms with Crippen LogP contribution < -0.4 is 5.73 Å². The number of nitrogens with zero attached hydrogens (tertiary/aromatic N) is 1. The van der Waals surface area contributed by atoms with Gasteiger partial charge in [-0.2, -0.15) is 0 Å². The second-order valence-corrected chi connectivity index (χ2v) is 3.50. The zero-order valence-electron chi connectivity index (χ0n) is 6.85. The third kappa shape index (κ3) is 1.51. The molecule has 66 valence electrons. The molecule has 1 heterocycles. The van der Waals surface area contributed by atoms with Crippen LogP contribution in [0.15, 0.2) is 0 Å². The Morgan fingerprint density at radius 2 is 2.18 bits per heavy atom. The van der Waals surface area contributed by atoms with E-state index >= 15 is 0 Å². The van der Waals surface area contributed by atoms with Gasteiger partial charge >= 0.3 is 0 Å². The Balaban J connectivity index is 2.64. The molecule has 2 nitrogen and oxygen atoms in total. The molecule has 4 heteroatoms. The number of rotatable bonds is 1. The Kier molecular flexibility index (Phi) is 2.16. The summed E-state index contributed by atoms with van der Waals surface area (Å²) < 4.78 is 24.6. The molecule has 1 aliphatic rings. The van der Waals surface area contributed by atoms with Gasteiger partial charge in [0.25, 0.3) is 6.43 Å². The molecule has 0 aromatic rings. The van der Waals surface area contributed by atoms with Gasteiger partial charge in [0.05, 0.1) is 5.54 Å².